The average Bonchev–Trinajstić information content (AvgIpc) is 3.00. The summed E-state index contributed by atoms with van der Waals surface area (Å²) in [6.07, 6.45) is 8.48. The molecule has 39 heavy (non-hydrogen) atoms. The number of aryl methyl sites for hydroxylation is 1. The van der Waals surface area contributed by atoms with Gasteiger partial charge in [-0.2, -0.15) is 0 Å². The fourth-order valence-electron chi connectivity index (χ4n) is 4.65. The van der Waals surface area contributed by atoms with E-state index in [2.05, 4.69) is 60.0 Å². The fraction of sp³-hybridized carbons (Fsp3) is 0.250. The molecule has 0 aliphatic heterocycles. The van der Waals surface area contributed by atoms with Crippen LogP contribution in [0.2, 0.25) is 0 Å². The van der Waals surface area contributed by atoms with Crippen LogP contribution in [0, 0.1) is 6.57 Å². The molecule has 0 spiro atoms. The highest BCUT2D eigenvalue weighted by Gasteiger charge is 2.08. The number of hydrogen-bond donors (Lipinski definition) is 1. The number of hydrogen-bond acceptors (Lipinski definition) is 2. The van der Waals surface area contributed by atoms with Crippen molar-refractivity contribution in [1.29, 1.82) is 0 Å². The molecule has 1 N–H and O–H groups in total. The van der Waals surface area contributed by atoms with Crippen molar-refractivity contribution in [2.75, 3.05) is 6.61 Å². The van der Waals surface area contributed by atoms with Gasteiger partial charge in [0.1, 0.15) is 5.75 Å². The van der Waals surface area contributed by atoms with Crippen molar-refractivity contribution in [3.05, 3.63) is 132 Å². The summed E-state index contributed by atoms with van der Waals surface area (Å²) >= 11 is 0. The van der Waals surface area contributed by atoms with Crippen LogP contribution in [-0.4, -0.2) is 11.7 Å². The van der Waals surface area contributed by atoms with Crippen molar-refractivity contribution < 1.29 is 9.84 Å². The Morgan fingerprint density at radius 1 is 0.718 bits per heavy atom. The lowest BCUT2D eigenvalue weighted by Crippen LogP contribution is -1.99. The lowest BCUT2D eigenvalue weighted by molar-refractivity contribution is 0.163. The van der Waals surface area contributed by atoms with Gasteiger partial charge < -0.3 is 9.84 Å². The molecule has 4 aromatic carbocycles. The molecular weight excluding hydrogens is 478 g/mol. The van der Waals surface area contributed by atoms with Crippen LogP contribution in [0.3, 0.4) is 0 Å². The third-order valence-corrected chi connectivity index (χ3v) is 7.04. The Kier molecular flexibility index (Phi) is 10.5. The number of benzene rings is 4. The third-order valence-electron chi connectivity index (χ3n) is 7.04. The monoisotopic (exact) mass is 515 g/mol. The molecular formula is C36H37NO2. The van der Waals surface area contributed by atoms with E-state index in [1.54, 1.807) is 0 Å². The van der Waals surface area contributed by atoms with Gasteiger partial charge in [-0.25, -0.2) is 4.85 Å². The number of aliphatic hydroxyl groups is 1. The second kappa shape index (κ2) is 14.7. The van der Waals surface area contributed by atoms with Crippen LogP contribution < -0.4 is 4.74 Å². The van der Waals surface area contributed by atoms with Gasteiger partial charge in [0.2, 0.25) is 0 Å². The molecule has 0 aromatic heterocycles. The smallest absolute Gasteiger partial charge is 0.187 e. The first kappa shape index (κ1) is 27.9. The van der Waals surface area contributed by atoms with Gasteiger partial charge in [-0.05, 0) is 71.2 Å². The zero-order valence-electron chi connectivity index (χ0n) is 22.6. The van der Waals surface area contributed by atoms with Gasteiger partial charge in [0.25, 0.3) is 0 Å². The molecule has 1 unspecified atom stereocenters. The average molecular weight is 516 g/mol. The normalized spacial score (nSPS) is 11.5. The summed E-state index contributed by atoms with van der Waals surface area (Å²) in [5, 5.41) is 10.6. The molecule has 198 valence electrons. The van der Waals surface area contributed by atoms with Gasteiger partial charge in [-0.1, -0.05) is 110 Å². The van der Waals surface area contributed by atoms with Gasteiger partial charge in [0, 0.05) is 0 Å². The first-order valence-electron chi connectivity index (χ1n) is 13.9. The number of rotatable bonds is 14. The van der Waals surface area contributed by atoms with Gasteiger partial charge >= 0.3 is 0 Å². The highest BCUT2D eigenvalue weighted by molar-refractivity contribution is 5.67. The molecule has 4 aromatic rings. The van der Waals surface area contributed by atoms with E-state index in [4.69, 9.17) is 11.3 Å². The first-order chi connectivity index (χ1) is 19.2. The van der Waals surface area contributed by atoms with Gasteiger partial charge in [0.05, 0.1) is 19.3 Å². The van der Waals surface area contributed by atoms with Crippen LogP contribution in [0.15, 0.2) is 110 Å². The van der Waals surface area contributed by atoms with Crippen LogP contribution in [-0.2, 0) is 6.42 Å². The third kappa shape index (κ3) is 8.43. The minimum Gasteiger partial charge on any atom is -0.494 e. The Balaban J connectivity index is 1.12. The summed E-state index contributed by atoms with van der Waals surface area (Å²) < 4.78 is 5.91. The molecule has 0 saturated heterocycles. The number of nitrogens with zero attached hydrogens (tertiary/aromatic N) is 1. The van der Waals surface area contributed by atoms with Crippen molar-refractivity contribution >= 4 is 5.69 Å². The second-order valence-electron chi connectivity index (χ2n) is 9.90. The fourth-order valence-corrected chi connectivity index (χ4v) is 4.65. The molecule has 0 aliphatic carbocycles. The molecule has 0 radical (unpaired) electrons. The minimum atomic E-state index is -0.423. The van der Waals surface area contributed by atoms with Crippen LogP contribution in [0.5, 0.6) is 5.75 Å². The van der Waals surface area contributed by atoms with Crippen molar-refractivity contribution in [3.8, 4) is 28.0 Å². The zero-order chi connectivity index (χ0) is 27.3. The van der Waals surface area contributed by atoms with E-state index >= 15 is 0 Å². The minimum absolute atomic E-state index is 0.423. The van der Waals surface area contributed by atoms with E-state index in [0.717, 1.165) is 67.4 Å². The van der Waals surface area contributed by atoms with E-state index in [-0.39, 0.29) is 0 Å². The maximum absolute atomic E-state index is 10.6. The van der Waals surface area contributed by atoms with Gasteiger partial charge in [-0.15, -0.1) is 6.58 Å². The Morgan fingerprint density at radius 2 is 1.26 bits per heavy atom. The van der Waals surface area contributed by atoms with Crippen molar-refractivity contribution in [2.45, 2.75) is 51.0 Å². The van der Waals surface area contributed by atoms with E-state index in [1.165, 1.54) is 16.7 Å². The lowest BCUT2D eigenvalue weighted by atomic mass is 9.98. The quantitative estimate of drug-likeness (QED) is 0.103. The molecule has 0 fully saturated rings. The maximum Gasteiger partial charge on any atom is 0.187 e. The molecule has 1 atom stereocenters. The van der Waals surface area contributed by atoms with Crippen LogP contribution in [0.4, 0.5) is 5.69 Å². The Labute approximate surface area is 233 Å². The maximum atomic E-state index is 10.6. The van der Waals surface area contributed by atoms with Gasteiger partial charge in [-0.3, -0.25) is 0 Å². The molecule has 3 nitrogen and oxygen atoms in total. The van der Waals surface area contributed by atoms with Gasteiger partial charge in [0.15, 0.2) is 5.69 Å². The Bertz CT molecular complexity index is 1330. The predicted octanol–water partition coefficient (Wildman–Crippen LogP) is 9.75. The first-order valence-corrected chi connectivity index (χ1v) is 13.9. The lowest BCUT2D eigenvalue weighted by Gasteiger charge is -2.12. The highest BCUT2D eigenvalue weighted by Crippen LogP contribution is 2.26. The summed E-state index contributed by atoms with van der Waals surface area (Å²) in [5.41, 5.74) is 7.54. The van der Waals surface area contributed by atoms with E-state index in [0.29, 0.717) is 12.3 Å². The Hall–Kier alpha value is -4.13. The number of allylic oxidation sites excluding steroid dienone is 1. The molecule has 0 aliphatic rings. The van der Waals surface area contributed by atoms with E-state index < -0.39 is 6.10 Å². The summed E-state index contributed by atoms with van der Waals surface area (Å²) in [4.78, 5) is 3.44. The topological polar surface area (TPSA) is 33.8 Å². The second-order valence-corrected chi connectivity index (χ2v) is 9.90. The van der Waals surface area contributed by atoms with Crippen molar-refractivity contribution in [2.24, 2.45) is 0 Å². The Morgan fingerprint density at radius 3 is 1.85 bits per heavy atom. The standard InChI is InChI=1S/C36H37NO2/c1-3-4-9-28-11-13-29(14-12-28)30-15-17-33(18-16-30)36(38)10-7-5-6-8-27-39-35-25-21-32(22-26-35)31-19-23-34(37-2)24-20-31/h3,11-26,36,38H,1,4-10,27H2. The van der Waals surface area contributed by atoms with Crippen LogP contribution in [0.1, 0.15) is 55.8 Å². The number of unbranched alkanes of at least 4 members (excludes halogenated alkanes) is 3. The SMILES string of the molecule is [C-]#[N+]c1ccc(-c2ccc(OCCCCCCC(O)c3ccc(-c4ccc(CCC=C)cc4)cc3)cc2)cc1. The highest BCUT2D eigenvalue weighted by atomic mass is 16.5. The molecule has 0 saturated carbocycles. The summed E-state index contributed by atoms with van der Waals surface area (Å²) in [5.74, 6) is 0.874. The largest absolute Gasteiger partial charge is 0.494 e. The predicted molar refractivity (Wildman–Crippen MR) is 162 cm³/mol. The molecule has 0 amide bonds. The van der Waals surface area contributed by atoms with Crippen LogP contribution >= 0.6 is 0 Å². The van der Waals surface area contributed by atoms with E-state index in [1.807, 2.05) is 54.6 Å². The van der Waals surface area contributed by atoms with Crippen LogP contribution in [0.25, 0.3) is 27.1 Å². The molecule has 4 rings (SSSR count). The molecule has 0 heterocycles. The molecule has 3 heteroatoms. The van der Waals surface area contributed by atoms with Crippen molar-refractivity contribution in [1.82, 2.24) is 0 Å². The summed E-state index contributed by atoms with van der Waals surface area (Å²) in [7, 11) is 0. The number of aliphatic hydroxyl groups excluding tert-OH is 1. The zero-order valence-corrected chi connectivity index (χ0v) is 22.6. The molecule has 0 bridgehead atoms. The number of ether oxygens (including phenoxy) is 1. The summed E-state index contributed by atoms with van der Waals surface area (Å²) in [6, 6.07) is 32.7. The van der Waals surface area contributed by atoms with E-state index in [9.17, 15) is 5.11 Å². The summed E-state index contributed by atoms with van der Waals surface area (Å²) in [6.45, 7) is 11.5. The van der Waals surface area contributed by atoms with Crippen molar-refractivity contribution in [3.63, 3.8) is 0 Å².